The van der Waals surface area contributed by atoms with E-state index in [1.54, 1.807) is 31.4 Å². The van der Waals surface area contributed by atoms with Gasteiger partial charge in [0.1, 0.15) is 22.7 Å². The maximum atomic E-state index is 13.6. The van der Waals surface area contributed by atoms with Gasteiger partial charge in [-0.15, -0.1) is 0 Å². The van der Waals surface area contributed by atoms with Gasteiger partial charge in [-0.25, -0.2) is 9.37 Å². The Morgan fingerprint density at radius 3 is 2.61 bits per heavy atom. The second-order valence-corrected chi connectivity index (χ2v) is 6.67. The summed E-state index contributed by atoms with van der Waals surface area (Å²) in [5.41, 5.74) is 2.04. The predicted molar refractivity (Wildman–Crippen MR) is 107 cm³/mol. The molecule has 3 rings (SSSR count). The normalized spacial score (nSPS) is 10.2. The topological polar surface area (TPSA) is 75.0 Å². The van der Waals surface area contributed by atoms with Crippen LogP contribution in [0.15, 0.2) is 65.7 Å². The standard InChI is InChI=1S/C21H16FN3O2S/c1-27-16-9-6-14(7-10-16)18-11-8-15(12-23)21(25-18)28-13-20(26)24-19-5-3-2-4-17(19)22/h2-11H,13H2,1H3,(H,24,26). The summed E-state index contributed by atoms with van der Waals surface area (Å²) < 4.78 is 18.8. The van der Waals surface area contributed by atoms with Crippen LogP contribution in [-0.4, -0.2) is 23.8 Å². The van der Waals surface area contributed by atoms with Gasteiger partial charge in [-0.3, -0.25) is 4.79 Å². The van der Waals surface area contributed by atoms with E-state index < -0.39 is 5.82 Å². The summed E-state index contributed by atoms with van der Waals surface area (Å²) >= 11 is 1.13. The van der Waals surface area contributed by atoms with Gasteiger partial charge in [0.15, 0.2) is 0 Å². The highest BCUT2D eigenvalue weighted by Crippen LogP contribution is 2.26. The number of carbonyl (C=O) groups excluding carboxylic acids is 1. The van der Waals surface area contributed by atoms with E-state index in [9.17, 15) is 14.4 Å². The number of rotatable bonds is 6. The zero-order valence-electron chi connectivity index (χ0n) is 15.0. The molecule has 2 aromatic carbocycles. The minimum Gasteiger partial charge on any atom is -0.497 e. The Kier molecular flexibility index (Phi) is 6.25. The van der Waals surface area contributed by atoms with Gasteiger partial charge < -0.3 is 10.1 Å². The second kappa shape index (κ2) is 9.02. The van der Waals surface area contributed by atoms with Crippen molar-refractivity contribution in [2.45, 2.75) is 5.03 Å². The molecule has 1 amide bonds. The summed E-state index contributed by atoms with van der Waals surface area (Å²) in [5, 5.41) is 12.3. The molecule has 0 atom stereocenters. The predicted octanol–water partition coefficient (Wildman–Crippen LogP) is 4.50. The molecule has 0 aliphatic heterocycles. The number of ether oxygens (including phenoxy) is 1. The largest absolute Gasteiger partial charge is 0.497 e. The monoisotopic (exact) mass is 393 g/mol. The summed E-state index contributed by atoms with van der Waals surface area (Å²) in [6.45, 7) is 0. The first-order chi connectivity index (χ1) is 13.6. The van der Waals surface area contributed by atoms with Crippen LogP contribution in [0.2, 0.25) is 0 Å². The van der Waals surface area contributed by atoms with E-state index in [-0.39, 0.29) is 17.3 Å². The van der Waals surface area contributed by atoms with E-state index in [2.05, 4.69) is 16.4 Å². The summed E-state index contributed by atoms with van der Waals surface area (Å²) in [6, 6.07) is 18.8. The number of para-hydroxylation sites is 1. The third-order valence-corrected chi connectivity index (χ3v) is 4.85. The molecular weight excluding hydrogens is 377 g/mol. The van der Waals surface area contributed by atoms with Crippen LogP contribution >= 0.6 is 11.8 Å². The molecule has 0 spiro atoms. The number of anilines is 1. The average molecular weight is 393 g/mol. The van der Waals surface area contributed by atoms with Crippen molar-refractivity contribution in [2.75, 3.05) is 18.2 Å². The maximum Gasteiger partial charge on any atom is 0.234 e. The molecule has 0 fully saturated rings. The number of amides is 1. The number of halogens is 1. The van der Waals surface area contributed by atoms with Crippen LogP contribution in [0.4, 0.5) is 10.1 Å². The SMILES string of the molecule is COc1ccc(-c2ccc(C#N)c(SCC(=O)Nc3ccccc3F)n2)cc1. The minimum atomic E-state index is -0.502. The number of hydrogen-bond donors (Lipinski definition) is 1. The molecule has 0 bridgehead atoms. The molecule has 140 valence electrons. The third-order valence-electron chi connectivity index (χ3n) is 3.85. The molecule has 0 radical (unpaired) electrons. The fourth-order valence-corrected chi connectivity index (χ4v) is 3.21. The van der Waals surface area contributed by atoms with Crippen molar-refractivity contribution in [3.63, 3.8) is 0 Å². The Morgan fingerprint density at radius 1 is 1.18 bits per heavy atom. The van der Waals surface area contributed by atoms with Gasteiger partial charge in [0.2, 0.25) is 5.91 Å². The van der Waals surface area contributed by atoms with Gasteiger partial charge in [-0.2, -0.15) is 5.26 Å². The van der Waals surface area contributed by atoms with Crippen molar-refractivity contribution in [2.24, 2.45) is 0 Å². The number of methoxy groups -OCH3 is 1. The number of nitriles is 1. The molecule has 0 aliphatic carbocycles. The molecule has 0 aliphatic rings. The van der Waals surface area contributed by atoms with Crippen molar-refractivity contribution in [3.8, 4) is 23.1 Å². The fourth-order valence-electron chi connectivity index (χ4n) is 2.44. The first-order valence-corrected chi connectivity index (χ1v) is 9.32. The molecule has 0 unspecified atom stereocenters. The number of pyridine rings is 1. The highest BCUT2D eigenvalue weighted by molar-refractivity contribution is 8.00. The molecule has 3 aromatic rings. The molecule has 1 N–H and O–H groups in total. The first kappa shape index (κ1) is 19.4. The number of nitrogens with zero attached hydrogens (tertiary/aromatic N) is 2. The van der Waals surface area contributed by atoms with E-state index >= 15 is 0 Å². The molecule has 28 heavy (non-hydrogen) atoms. The maximum absolute atomic E-state index is 13.6. The Labute approximate surface area is 166 Å². The lowest BCUT2D eigenvalue weighted by Crippen LogP contribution is -2.15. The fraction of sp³-hybridized carbons (Fsp3) is 0.0952. The molecule has 5 nitrogen and oxygen atoms in total. The van der Waals surface area contributed by atoms with Crippen LogP contribution in [0.5, 0.6) is 5.75 Å². The highest BCUT2D eigenvalue weighted by atomic mass is 32.2. The van der Waals surface area contributed by atoms with Gasteiger partial charge in [0, 0.05) is 5.56 Å². The van der Waals surface area contributed by atoms with Crippen LogP contribution in [0.3, 0.4) is 0 Å². The number of aromatic nitrogens is 1. The Balaban J connectivity index is 1.74. The lowest BCUT2D eigenvalue weighted by Gasteiger charge is -2.08. The molecular formula is C21H16FN3O2S. The van der Waals surface area contributed by atoms with Crippen molar-refractivity contribution in [1.29, 1.82) is 5.26 Å². The third kappa shape index (κ3) is 4.67. The summed E-state index contributed by atoms with van der Waals surface area (Å²) in [4.78, 5) is 16.7. The molecule has 0 saturated heterocycles. The van der Waals surface area contributed by atoms with E-state index in [1.807, 2.05) is 24.3 Å². The first-order valence-electron chi connectivity index (χ1n) is 8.33. The van der Waals surface area contributed by atoms with E-state index in [0.717, 1.165) is 23.1 Å². The molecule has 1 aromatic heterocycles. The Hall–Kier alpha value is -3.37. The van der Waals surface area contributed by atoms with Crippen molar-refractivity contribution in [3.05, 3.63) is 72.0 Å². The molecule has 1 heterocycles. The van der Waals surface area contributed by atoms with Crippen LogP contribution in [0, 0.1) is 17.1 Å². The highest BCUT2D eigenvalue weighted by Gasteiger charge is 2.12. The van der Waals surface area contributed by atoms with Gasteiger partial charge in [-0.05, 0) is 48.5 Å². The van der Waals surface area contributed by atoms with Crippen LogP contribution in [0.1, 0.15) is 5.56 Å². The van der Waals surface area contributed by atoms with E-state index in [1.165, 1.54) is 12.1 Å². The quantitative estimate of drug-likeness (QED) is 0.624. The van der Waals surface area contributed by atoms with Gasteiger partial charge in [-0.1, -0.05) is 23.9 Å². The van der Waals surface area contributed by atoms with Crippen LogP contribution in [0.25, 0.3) is 11.3 Å². The molecule has 7 heteroatoms. The summed E-state index contributed by atoms with van der Waals surface area (Å²) in [6.07, 6.45) is 0. The summed E-state index contributed by atoms with van der Waals surface area (Å²) in [5.74, 6) is -0.145. The lowest BCUT2D eigenvalue weighted by atomic mass is 10.1. The van der Waals surface area contributed by atoms with Gasteiger partial charge >= 0.3 is 0 Å². The van der Waals surface area contributed by atoms with E-state index in [4.69, 9.17) is 4.74 Å². The Morgan fingerprint density at radius 2 is 1.93 bits per heavy atom. The second-order valence-electron chi connectivity index (χ2n) is 5.71. The van der Waals surface area contributed by atoms with Crippen molar-refractivity contribution < 1.29 is 13.9 Å². The number of thioether (sulfide) groups is 1. The minimum absolute atomic E-state index is 0.00206. The zero-order valence-corrected chi connectivity index (χ0v) is 15.8. The smallest absolute Gasteiger partial charge is 0.234 e. The van der Waals surface area contributed by atoms with Crippen molar-refractivity contribution >= 4 is 23.4 Å². The lowest BCUT2D eigenvalue weighted by molar-refractivity contribution is -0.113. The van der Waals surface area contributed by atoms with Gasteiger partial charge in [0.05, 0.1) is 29.8 Å². The van der Waals surface area contributed by atoms with E-state index in [0.29, 0.717) is 16.3 Å². The average Bonchev–Trinajstić information content (AvgIpc) is 2.73. The number of nitrogens with one attached hydrogen (secondary N) is 1. The zero-order chi connectivity index (χ0) is 19.9. The number of benzene rings is 2. The van der Waals surface area contributed by atoms with Crippen LogP contribution in [-0.2, 0) is 4.79 Å². The van der Waals surface area contributed by atoms with Crippen LogP contribution < -0.4 is 10.1 Å². The number of hydrogen-bond acceptors (Lipinski definition) is 5. The summed E-state index contributed by atoms with van der Waals surface area (Å²) in [7, 11) is 1.59. The van der Waals surface area contributed by atoms with Gasteiger partial charge in [0.25, 0.3) is 0 Å². The Bertz CT molecular complexity index is 1030. The van der Waals surface area contributed by atoms with Crippen molar-refractivity contribution in [1.82, 2.24) is 4.98 Å². The number of carbonyl (C=O) groups is 1. The molecule has 0 saturated carbocycles.